The van der Waals surface area contributed by atoms with Crippen molar-refractivity contribution in [2.75, 3.05) is 40.4 Å². The molecule has 11 nitrogen and oxygen atoms in total. The van der Waals surface area contributed by atoms with E-state index in [0.29, 0.717) is 55.2 Å². The summed E-state index contributed by atoms with van der Waals surface area (Å²) in [4.78, 5) is 26.3. The van der Waals surface area contributed by atoms with Gasteiger partial charge in [0.25, 0.3) is 0 Å². The lowest BCUT2D eigenvalue weighted by Crippen LogP contribution is -2.61. The number of methoxy groups -OCH3 is 4. The number of aliphatic hydroxyl groups excluding tert-OH is 2. The van der Waals surface area contributed by atoms with Crippen LogP contribution in [-0.2, 0) is 16.1 Å². The van der Waals surface area contributed by atoms with Gasteiger partial charge in [-0.1, -0.05) is 26.0 Å². The Labute approximate surface area is 259 Å². The van der Waals surface area contributed by atoms with E-state index in [1.54, 1.807) is 19.2 Å². The third-order valence-corrected chi connectivity index (χ3v) is 9.89. The molecule has 0 aliphatic heterocycles. The van der Waals surface area contributed by atoms with Gasteiger partial charge < -0.3 is 39.2 Å². The number of hydrogen-bond donors (Lipinski definition) is 4. The maximum absolute atomic E-state index is 13.1. The molecule has 242 valence electrons. The summed E-state index contributed by atoms with van der Waals surface area (Å²) in [7, 11) is 6.08. The number of hydrogen-bond acceptors (Lipinski definition) is 9. The fourth-order valence-electron chi connectivity index (χ4n) is 7.43. The number of fused-ring (bicyclic) bond motifs is 1. The zero-order valence-electron chi connectivity index (χ0n) is 26.5. The first-order valence-electron chi connectivity index (χ1n) is 15.0. The van der Waals surface area contributed by atoms with E-state index in [1.807, 2.05) is 31.2 Å². The van der Waals surface area contributed by atoms with Gasteiger partial charge in [-0.15, -0.1) is 0 Å². The first kappa shape index (κ1) is 33.2. The molecule has 2 fully saturated rings. The van der Waals surface area contributed by atoms with Crippen molar-refractivity contribution in [2.45, 2.75) is 64.7 Å². The molecule has 0 spiro atoms. The van der Waals surface area contributed by atoms with Crippen molar-refractivity contribution in [2.24, 2.45) is 22.7 Å². The van der Waals surface area contributed by atoms with Crippen molar-refractivity contribution in [3.8, 4) is 23.0 Å². The molecule has 2 saturated carbocycles. The summed E-state index contributed by atoms with van der Waals surface area (Å²) in [6.07, 6.45) is 0.520. The summed E-state index contributed by atoms with van der Waals surface area (Å²) < 4.78 is 27.3. The Balaban J connectivity index is 1.45. The van der Waals surface area contributed by atoms with E-state index in [4.69, 9.17) is 23.7 Å². The Hall–Kier alpha value is -3.70. The van der Waals surface area contributed by atoms with E-state index in [2.05, 4.69) is 17.6 Å². The number of rotatable bonds is 11. The molecule has 0 aromatic heterocycles. The molecule has 2 aromatic rings. The SMILES string of the molecule is COc1ccc(CNC(=O)CC2C(O)CCC3C(C)(CO)C(OC(=O)Nc4cc(OC)c(OC)c(OC)c4)CCC23C)cc1. The minimum absolute atomic E-state index is 0.0875. The molecule has 6 atom stereocenters. The van der Waals surface area contributed by atoms with Crippen LogP contribution in [0.1, 0.15) is 51.5 Å². The predicted molar refractivity (Wildman–Crippen MR) is 164 cm³/mol. The van der Waals surface area contributed by atoms with Crippen LogP contribution in [0.3, 0.4) is 0 Å². The Kier molecular flexibility index (Phi) is 10.5. The Bertz CT molecular complexity index is 1280. The average molecular weight is 615 g/mol. The monoisotopic (exact) mass is 614 g/mol. The second kappa shape index (κ2) is 13.9. The molecule has 0 bridgehead atoms. The molecule has 11 heteroatoms. The largest absolute Gasteiger partial charge is 0.497 e. The van der Waals surface area contributed by atoms with Gasteiger partial charge in [0.1, 0.15) is 11.9 Å². The summed E-state index contributed by atoms with van der Waals surface area (Å²) >= 11 is 0. The van der Waals surface area contributed by atoms with Crippen LogP contribution < -0.4 is 29.6 Å². The lowest BCUT2D eigenvalue weighted by atomic mass is 9.46. The summed E-state index contributed by atoms with van der Waals surface area (Å²) in [6.45, 7) is 4.20. The van der Waals surface area contributed by atoms with Gasteiger partial charge in [-0.05, 0) is 60.6 Å². The summed E-state index contributed by atoms with van der Waals surface area (Å²) in [5, 5.41) is 27.6. The third-order valence-electron chi connectivity index (χ3n) is 9.89. The number of carbonyl (C=O) groups is 2. The summed E-state index contributed by atoms with van der Waals surface area (Å²) in [5.74, 6) is 1.38. The summed E-state index contributed by atoms with van der Waals surface area (Å²) in [5.41, 5.74) is 0.122. The van der Waals surface area contributed by atoms with Crippen LogP contribution in [0.5, 0.6) is 23.0 Å². The van der Waals surface area contributed by atoms with E-state index >= 15 is 0 Å². The second-order valence-electron chi connectivity index (χ2n) is 12.3. The molecule has 2 aromatic carbocycles. The predicted octanol–water partition coefficient (Wildman–Crippen LogP) is 4.53. The molecule has 44 heavy (non-hydrogen) atoms. The molecule has 0 radical (unpaired) electrons. The highest BCUT2D eigenvalue weighted by Gasteiger charge is 2.60. The van der Waals surface area contributed by atoms with E-state index in [9.17, 15) is 19.8 Å². The molecule has 0 saturated heterocycles. The molecule has 4 N–H and O–H groups in total. The topological polar surface area (TPSA) is 145 Å². The molecule has 2 aliphatic rings. The number of carbonyl (C=O) groups excluding carboxylic acids is 2. The van der Waals surface area contributed by atoms with Gasteiger partial charge >= 0.3 is 6.09 Å². The van der Waals surface area contributed by atoms with Crippen LogP contribution in [0.2, 0.25) is 0 Å². The maximum atomic E-state index is 13.1. The Morgan fingerprint density at radius 2 is 1.59 bits per heavy atom. The molecule has 2 aliphatic carbocycles. The second-order valence-corrected chi connectivity index (χ2v) is 12.3. The highest BCUT2D eigenvalue weighted by molar-refractivity contribution is 5.86. The van der Waals surface area contributed by atoms with Crippen molar-refractivity contribution in [3.63, 3.8) is 0 Å². The first-order valence-corrected chi connectivity index (χ1v) is 15.0. The fraction of sp³-hybridized carbons (Fsp3) is 0.576. The third kappa shape index (κ3) is 6.68. The maximum Gasteiger partial charge on any atom is 0.411 e. The standard InChI is InChI=1S/C33H46N2O9/c1-32-14-13-28(44-31(39)35-21-15-25(41-4)30(43-6)26(16-21)42-5)33(2,19-36)27(32)12-11-24(37)23(32)17-29(38)34-18-20-7-9-22(40-3)10-8-20/h7-10,15-16,23-24,27-28,36-37H,11-14,17-19H2,1-6H3,(H,34,38)(H,35,39). The number of amides is 2. The van der Waals surface area contributed by atoms with Crippen LogP contribution >= 0.6 is 0 Å². The molecular formula is C33H46N2O9. The van der Waals surface area contributed by atoms with E-state index in [0.717, 1.165) is 11.3 Å². The van der Waals surface area contributed by atoms with Gasteiger partial charge in [0.05, 0.1) is 46.8 Å². The van der Waals surface area contributed by atoms with Gasteiger partial charge in [0.2, 0.25) is 11.7 Å². The van der Waals surface area contributed by atoms with Crippen molar-refractivity contribution < 1.29 is 43.5 Å². The number of nitrogens with one attached hydrogen (secondary N) is 2. The number of ether oxygens (including phenoxy) is 5. The van der Waals surface area contributed by atoms with Crippen LogP contribution in [0.4, 0.5) is 10.5 Å². The van der Waals surface area contributed by atoms with Crippen molar-refractivity contribution in [3.05, 3.63) is 42.0 Å². The molecule has 0 heterocycles. The lowest BCUT2D eigenvalue weighted by molar-refractivity contribution is -0.185. The van der Waals surface area contributed by atoms with Crippen molar-refractivity contribution >= 4 is 17.7 Å². The Morgan fingerprint density at radius 3 is 2.16 bits per heavy atom. The molecular weight excluding hydrogens is 568 g/mol. The van der Waals surface area contributed by atoms with Crippen molar-refractivity contribution in [1.29, 1.82) is 0 Å². The minimum Gasteiger partial charge on any atom is -0.497 e. The van der Waals surface area contributed by atoms with Crippen molar-refractivity contribution in [1.82, 2.24) is 5.32 Å². The first-order chi connectivity index (χ1) is 21.0. The van der Waals surface area contributed by atoms with Crippen LogP contribution in [0, 0.1) is 22.7 Å². The van der Waals surface area contributed by atoms with Gasteiger partial charge in [-0.25, -0.2) is 4.79 Å². The van der Waals surface area contributed by atoms with Gasteiger partial charge in [-0.2, -0.15) is 0 Å². The zero-order valence-corrected chi connectivity index (χ0v) is 26.5. The quantitative estimate of drug-likeness (QED) is 0.287. The van der Waals surface area contributed by atoms with Crippen LogP contribution in [0.15, 0.2) is 36.4 Å². The number of anilines is 1. The van der Waals surface area contributed by atoms with E-state index in [1.165, 1.54) is 21.3 Å². The fourth-order valence-corrected chi connectivity index (χ4v) is 7.43. The number of aliphatic hydroxyl groups is 2. The van der Waals surface area contributed by atoms with Crippen LogP contribution in [-0.4, -0.2) is 69.5 Å². The highest BCUT2D eigenvalue weighted by atomic mass is 16.6. The van der Waals surface area contributed by atoms with Crippen LogP contribution in [0.25, 0.3) is 0 Å². The normalized spacial score (nSPS) is 27.8. The van der Waals surface area contributed by atoms with Gasteiger partial charge in [0.15, 0.2) is 11.5 Å². The van der Waals surface area contributed by atoms with E-state index in [-0.39, 0.29) is 30.8 Å². The lowest BCUT2D eigenvalue weighted by Gasteiger charge is -2.60. The average Bonchev–Trinajstić information content (AvgIpc) is 3.02. The van der Waals surface area contributed by atoms with Gasteiger partial charge in [0, 0.05) is 30.5 Å². The van der Waals surface area contributed by atoms with E-state index < -0.39 is 29.1 Å². The zero-order chi connectivity index (χ0) is 32.1. The smallest absolute Gasteiger partial charge is 0.411 e. The highest BCUT2D eigenvalue weighted by Crippen LogP contribution is 2.61. The van der Waals surface area contributed by atoms with Gasteiger partial charge in [-0.3, -0.25) is 10.1 Å². The molecule has 6 unspecified atom stereocenters. The summed E-state index contributed by atoms with van der Waals surface area (Å²) in [6, 6.07) is 10.7. The Morgan fingerprint density at radius 1 is 0.932 bits per heavy atom. The minimum atomic E-state index is -0.780. The number of benzene rings is 2. The molecule has 2 amide bonds. The molecule has 4 rings (SSSR count).